The minimum atomic E-state index is -1.01. The molecule has 174 valence electrons. The summed E-state index contributed by atoms with van der Waals surface area (Å²) in [6.45, 7) is 0. The Balaban J connectivity index is 1.17. The van der Waals surface area contributed by atoms with E-state index in [0.717, 1.165) is 39.8 Å². The number of nitrogens with one attached hydrogen (secondary N) is 2. The molecule has 3 aromatic rings. The van der Waals surface area contributed by atoms with Crippen molar-refractivity contribution in [2.75, 3.05) is 10.6 Å². The molecule has 4 aliphatic rings. The average molecular weight is 474 g/mol. The van der Waals surface area contributed by atoms with Gasteiger partial charge in [-0.1, -0.05) is 17.7 Å². The number of rotatable bonds is 6. The van der Waals surface area contributed by atoms with E-state index in [-0.39, 0.29) is 5.56 Å². The maximum absolute atomic E-state index is 11.4. The fourth-order valence-electron chi connectivity index (χ4n) is 7.03. The summed E-state index contributed by atoms with van der Waals surface area (Å²) in [7, 11) is 0. The Morgan fingerprint density at radius 1 is 0.882 bits per heavy atom. The number of carbonyl (C=O) groups is 1. The molecule has 4 fully saturated rings. The maximum atomic E-state index is 11.4. The molecular weight excluding hydrogens is 446 g/mol. The van der Waals surface area contributed by atoms with E-state index in [4.69, 9.17) is 11.6 Å². The van der Waals surface area contributed by atoms with Gasteiger partial charge < -0.3 is 15.7 Å². The van der Waals surface area contributed by atoms with E-state index >= 15 is 0 Å². The predicted molar refractivity (Wildman–Crippen MR) is 136 cm³/mol. The molecule has 3 N–H and O–H groups in total. The molecule has 2 aromatic carbocycles. The number of hydrogen-bond acceptors (Lipinski definition) is 4. The van der Waals surface area contributed by atoms with Crippen LogP contribution in [0.4, 0.5) is 22.7 Å². The zero-order valence-corrected chi connectivity index (χ0v) is 19.7. The van der Waals surface area contributed by atoms with Crippen molar-refractivity contribution in [2.24, 2.45) is 17.8 Å². The number of hydrogen-bond donors (Lipinski definition) is 3. The van der Waals surface area contributed by atoms with Crippen LogP contribution in [0.25, 0.3) is 0 Å². The van der Waals surface area contributed by atoms with Crippen molar-refractivity contribution in [1.82, 2.24) is 4.98 Å². The van der Waals surface area contributed by atoms with Crippen LogP contribution < -0.4 is 10.6 Å². The number of aromatic carboxylic acids is 1. The highest BCUT2D eigenvalue weighted by molar-refractivity contribution is 6.33. The lowest BCUT2D eigenvalue weighted by Crippen LogP contribution is -2.48. The average Bonchev–Trinajstić information content (AvgIpc) is 2.81. The van der Waals surface area contributed by atoms with Crippen LogP contribution in [0.2, 0.25) is 5.02 Å². The van der Waals surface area contributed by atoms with E-state index in [1.807, 2.05) is 24.3 Å². The lowest BCUT2D eigenvalue weighted by Gasteiger charge is -2.57. The van der Waals surface area contributed by atoms with Gasteiger partial charge in [-0.15, -0.1) is 0 Å². The molecule has 0 atom stereocenters. The van der Waals surface area contributed by atoms with Crippen LogP contribution in [-0.4, -0.2) is 16.1 Å². The minimum Gasteiger partial charge on any atom is -0.478 e. The zero-order valence-electron chi connectivity index (χ0n) is 18.9. The third-order valence-corrected chi connectivity index (χ3v) is 8.43. The molecule has 4 aliphatic carbocycles. The summed E-state index contributed by atoms with van der Waals surface area (Å²) in [5.41, 5.74) is 5.02. The van der Waals surface area contributed by atoms with Gasteiger partial charge in [0.15, 0.2) is 0 Å². The normalized spacial score (nSPS) is 26.9. The summed E-state index contributed by atoms with van der Waals surface area (Å²) in [6, 6.07) is 16.0. The van der Waals surface area contributed by atoms with Crippen molar-refractivity contribution in [3.05, 3.63) is 77.1 Å². The quantitative estimate of drug-likeness (QED) is 0.348. The second-order valence-electron chi connectivity index (χ2n) is 10.4. The van der Waals surface area contributed by atoms with Gasteiger partial charge >= 0.3 is 5.97 Å². The summed E-state index contributed by atoms with van der Waals surface area (Å²) >= 11 is 6.77. The van der Waals surface area contributed by atoms with Gasteiger partial charge in [0.2, 0.25) is 0 Å². The van der Waals surface area contributed by atoms with Crippen molar-refractivity contribution in [3.8, 4) is 0 Å². The molecule has 0 amide bonds. The molecule has 0 spiro atoms. The molecule has 5 nitrogen and oxygen atoms in total. The second kappa shape index (κ2) is 8.31. The Morgan fingerprint density at radius 2 is 1.47 bits per heavy atom. The van der Waals surface area contributed by atoms with Gasteiger partial charge in [-0.2, -0.15) is 0 Å². The standard InChI is InChI=1S/C28H28ClN3O2/c29-24-12-20(28-13-17-9-18(14-28)11-19(10-17)15-28)1-6-26(24)32-22-4-2-21(3-5-22)31-25-7-8-30-16-23(25)27(33)34/h1-8,12,16-19,32H,9-11,13-15H2,(H,30,31)(H,33,34). The lowest BCUT2D eigenvalue weighted by atomic mass is 9.48. The summed E-state index contributed by atoms with van der Waals surface area (Å²) in [5.74, 6) is 1.72. The van der Waals surface area contributed by atoms with E-state index in [0.29, 0.717) is 11.1 Å². The van der Waals surface area contributed by atoms with Gasteiger partial charge in [0, 0.05) is 23.8 Å². The zero-order chi connectivity index (χ0) is 23.3. The Labute approximate surface area is 204 Å². The van der Waals surface area contributed by atoms with Gasteiger partial charge in [-0.3, -0.25) is 4.98 Å². The molecule has 4 saturated carbocycles. The van der Waals surface area contributed by atoms with Gasteiger partial charge in [-0.25, -0.2) is 4.79 Å². The Kier molecular flexibility index (Phi) is 5.25. The number of nitrogens with zero attached hydrogens (tertiary/aromatic N) is 1. The highest BCUT2D eigenvalue weighted by atomic mass is 35.5. The highest BCUT2D eigenvalue weighted by Crippen LogP contribution is 2.61. The number of carboxylic acids is 1. The Bertz CT molecular complexity index is 1210. The van der Waals surface area contributed by atoms with Crippen molar-refractivity contribution >= 4 is 40.3 Å². The van der Waals surface area contributed by atoms with E-state index in [9.17, 15) is 9.90 Å². The molecule has 0 unspecified atom stereocenters. The molecule has 1 heterocycles. The maximum Gasteiger partial charge on any atom is 0.339 e. The number of aromatic nitrogens is 1. The van der Waals surface area contributed by atoms with Crippen molar-refractivity contribution < 1.29 is 9.90 Å². The van der Waals surface area contributed by atoms with Crippen molar-refractivity contribution in [2.45, 2.75) is 43.9 Å². The van der Waals surface area contributed by atoms with E-state index in [1.165, 1.54) is 50.3 Å². The minimum absolute atomic E-state index is 0.135. The first-order valence-corrected chi connectivity index (χ1v) is 12.5. The number of carboxylic acid groups (broad SMARTS) is 1. The van der Waals surface area contributed by atoms with Crippen LogP contribution in [-0.2, 0) is 5.41 Å². The third-order valence-electron chi connectivity index (χ3n) is 8.11. The number of pyridine rings is 1. The molecule has 6 heteroatoms. The van der Waals surface area contributed by atoms with Crippen LogP contribution in [0.1, 0.15) is 54.4 Å². The topological polar surface area (TPSA) is 74.2 Å². The van der Waals surface area contributed by atoms with Gasteiger partial charge in [0.25, 0.3) is 0 Å². The summed E-state index contributed by atoms with van der Waals surface area (Å²) in [5, 5.41) is 16.7. The van der Waals surface area contributed by atoms with Gasteiger partial charge in [-0.05, 0) is 110 Å². The molecule has 0 radical (unpaired) electrons. The first-order valence-electron chi connectivity index (χ1n) is 12.1. The summed E-state index contributed by atoms with van der Waals surface area (Å²) in [6.07, 6.45) is 11.2. The molecule has 4 bridgehead atoms. The molecule has 34 heavy (non-hydrogen) atoms. The molecular formula is C28H28ClN3O2. The molecule has 7 rings (SSSR count). The van der Waals surface area contributed by atoms with Crippen LogP contribution in [0, 0.1) is 17.8 Å². The van der Waals surface area contributed by atoms with Crippen molar-refractivity contribution in [1.29, 1.82) is 0 Å². The van der Waals surface area contributed by atoms with Crippen LogP contribution in [0.5, 0.6) is 0 Å². The van der Waals surface area contributed by atoms with Crippen LogP contribution in [0.15, 0.2) is 60.9 Å². The van der Waals surface area contributed by atoms with E-state index in [1.54, 1.807) is 12.3 Å². The summed E-state index contributed by atoms with van der Waals surface area (Å²) in [4.78, 5) is 15.3. The van der Waals surface area contributed by atoms with Crippen LogP contribution in [0.3, 0.4) is 0 Å². The van der Waals surface area contributed by atoms with Gasteiger partial charge in [0.1, 0.15) is 5.56 Å². The Hall–Kier alpha value is -3.05. The number of halogens is 1. The predicted octanol–water partition coefficient (Wildman–Crippen LogP) is 7.39. The smallest absolute Gasteiger partial charge is 0.339 e. The largest absolute Gasteiger partial charge is 0.478 e. The highest BCUT2D eigenvalue weighted by Gasteiger charge is 2.51. The molecule has 0 saturated heterocycles. The van der Waals surface area contributed by atoms with Crippen LogP contribution >= 0.6 is 11.6 Å². The number of anilines is 4. The first-order chi connectivity index (χ1) is 16.5. The summed E-state index contributed by atoms with van der Waals surface area (Å²) < 4.78 is 0. The monoisotopic (exact) mass is 473 g/mol. The first kappa shape index (κ1) is 21.5. The van der Waals surface area contributed by atoms with E-state index < -0.39 is 5.97 Å². The fraction of sp³-hybridized carbons (Fsp3) is 0.357. The van der Waals surface area contributed by atoms with Gasteiger partial charge in [0.05, 0.1) is 16.4 Å². The van der Waals surface area contributed by atoms with E-state index in [2.05, 4.69) is 33.8 Å². The second-order valence-corrected chi connectivity index (χ2v) is 10.9. The number of benzene rings is 2. The molecule has 1 aromatic heterocycles. The Morgan fingerprint density at radius 3 is 2.03 bits per heavy atom. The third kappa shape index (κ3) is 3.92. The fourth-order valence-corrected chi connectivity index (χ4v) is 7.26. The SMILES string of the molecule is O=C(O)c1cnccc1Nc1ccc(Nc2ccc(C34CC5CC(CC(C5)C3)C4)cc2Cl)cc1. The molecule has 0 aliphatic heterocycles. The van der Waals surface area contributed by atoms with Crippen molar-refractivity contribution in [3.63, 3.8) is 0 Å². The lowest BCUT2D eigenvalue weighted by molar-refractivity contribution is -0.00518.